The summed E-state index contributed by atoms with van der Waals surface area (Å²) in [5, 5.41) is 6.78. The Labute approximate surface area is 171 Å². The first-order valence-corrected chi connectivity index (χ1v) is 10.3. The van der Waals surface area contributed by atoms with E-state index in [2.05, 4.69) is 38.3 Å². The van der Waals surface area contributed by atoms with E-state index in [9.17, 15) is 14.4 Å². The van der Waals surface area contributed by atoms with Gasteiger partial charge in [-0.05, 0) is 53.0 Å². The molecule has 0 aromatic heterocycles. The first-order valence-electron chi connectivity index (χ1n) is 10.3. The van der Waals surface area contributed by atoms with Crippen molar-refractivity contribution in [1.29, 1.82) is 0 Å². The second-order valence-corrected chi connectivity index (χ2v) is 9.71. The third-order valence-electron chi connectivity index (χ3n) is 6.01. The largest absolute Gasteiger partial charge is 0.433 e. The summed E-state index contributed by atoms with van der Waals surface area (Å²) in [7, 11) is 0. The SMILES string of the molecule is CC1(C)CC(NC(=O)[C@@H]2CCC(=O)N2C2OC(=O)c3ccccc32)CC(C)(C)N1. The van der Waals surface area contributed by atoms with Crippen LogP contribution < -0.4 is 10.6 Å². The molecule has 2 amide bonds. The monoisotopic (exact) mass is 399 g/mol. The Balaban J connectivity index is 1.53. The summed E-state index contributed by atoms with van der Waals surface area (Å²) in [4.78, 5) is 39.5. The lowest BCUT2D eigenvalue weighted by Gasteiger charge is -2.47. The Morgan fingerprint density at radius 3 is 2.48 bits per heavy atom. The van der Waals surface area contributed by atoms with Crippen LogP contribution in [0.2, 0.25) is 0 Å². The van der Waals surface area contributed by atoms with Gasteiger partial charge in [0.25, 0.3) is 0 Å². The number of benzene rings is 1. The van der Waals surface area contributed by atoms with Crippen molar-refractivity contribution >= 4 is 17.8 Å². The summed E-state index contributed by atoms with van der Waals surface area (Å²) in [6.07, 6.45) is 1.50. The van der Waals surface area contributed by atoms with Gasteiger partial charge in [0.05, 0.1) is 5.56 Å². The first kappa shape index (κ1) is 19.9. The van der Waals surface area contributed by atoms with E-state index in [1.54, 1.807) is 18.2 Å². The normalized spacial score (nSPS) is 28.2. The molecule has 3 heterocycles. The summed E-state index contributed by atoms with van der Waals surface area (Å²) >= 11 is 0. The molecule has 0 saturated carbocycles. The summed E-state index contributed by atoms with van der Waals surface area (Å²) in [5.74, 6) is -0.785. The van der Waals surface area contributed by atoms with Crippen molar-refractivity contribution in [1.82, 2.24) is 15.5 Å². The van der Waals surface area contributed by atoms with Crippen LogP contribution in [0.3, 0.4) is 0 Å². The summed E-state index contributed by atoms with van der Waals surface area (Å²) < 4.78 is 5.50. The van der Waals surface area contributed by atoms with E-state index >= 15 is 0 Å². The average molecular weight is 399 g/mol. The van der Waals surface area contributed by atoms with Crippen molar-refractivity contribution in [2.45, 2.75) is 82.8 Å². The molecule has 3 aliphatic heterocycles. The van der Waals surface area contributed by atoms with Gasteiger partial charge in [-0.15, -0.1) is 0 Å². The number of carbonyl (C=O) groups is 3. The highest BCUT2D eigenvalue weighted by molar-refractivity contribution is 5.96. The van der Waals surface area contributed by atoms with Crippen LogP contribution in [0.15, 0.2) is 24.3 Å². The van der Waals surface area contributed by atoms with E-state index < -0.39 is 18.2 Å². The Bertz CT molecular complexity index is 847. The maximum absolute atomic E-state index is 13.2. The van der Waals surface area contributed by atoms with Crippen LogP contribution in [-0.4, -0.2) is 45.8 Å². The van der Waals surface area contributed by atoms with Crippen LogP contribution in [-0.2, 0) is 14.3 Å². The van der Waals surface area contributed by atoms with Gasteiger partial charge in [0.2, 0.25) is 18.0 Å². The van der Waals surface area contributed by atoms with E-state index in [0.717, 1.165) is 12.8 Å². The van der Waals surface area contributed by atoms with Gasteiger partial charge < -0.3 is 15.4 Å². The number of nitrogens with one attached hydrogen (secondary N) is 2. The molecular weight excluding hydrogens is 370 g/mol. The minimum Gasteiger partial charge on any atom is -0.433 e. The maximum Gasteiger partial charge on any atom is 0.340 e. The third kappa shape index (κ3) is 3.75. The van der Waals surface area contributed by atoms with Crippen LogP contribution in [0, 0.1) is 0 Å². The number of hydrogen-bond donors (Lipinski definition) is 2. The molecule has 2 atom stereocenters. The van der Waals surface area contributed by atoms with Gasteiger partial charge >= 0.3 is 5.97 Å². The number of amides is 2. The van der Waals surface area contributed by atoms with Gasteiger partial charge in [-0.1, -0.05) is 18.2 Å². The smallest absolute Gasteiger partial charge is 0.340 e. The van der Waals surface area contributed by atoms with E-state index in [0.29, 0.717) is 17.5 Å². The lowest BCUT2D eigenvalue weighted by Crippen LogP contribution is -2.63. The summed E-state index contributed by atoms with van der Waals surface area (Å²) in [5.41, 5.74) is 0.920. The number of fused-ring (bicyclic) bond motifs is 1. The number of cyclic esters (lactones) is 1. The highest BCUT2D eigenvalue weighted by atomic mass is 16.6. The molecule has 7 heteroatoms. The fourth-order valence-corrected chi connectivity index (χ4v) is 5.31. The molecule has 7 nitrogen and oxygen atoms in total. The van der Waals surface area contributed by atoms with Crippen molar-refractivity contribution < 1.29 is 19.1 Å². The fraction of sp³-hybridized carbons (Fsp3) is 0.591. The zero-order chi connectivity index (χ0) is 21.0. The Morgan fingerprint density at radius 2 is 1.79 bits per heavy atom. The predicted molar refractivity (Wildman–Crippen MR) is 107 cm³/mol. The van der Waals surface area contributed by atoms with Crippen molar-refractivity contribution in [3.05, 3.63) is 35.4 Å². The lowest BCUT2D eigenvalue weighted by atomic mass is 9.79. The van der Waals surface area contributed by atoms with Gasteiger partial charge in [0.1, 0.15) is 6.04 Å². The third-order valence-corrected chi connectivity index (χ3v) is 6.01. The number of hydrogen-bond acceptors (Lipinski definition) is 5. The van der Waals surface area contributed by atoms with Gasteiger partial charge in [0.15, 0.2) is 0 Å². The Kier molecular flexibility index (Phi) is 4.69. The lowest BCUT2D eigenvalue weighted by molar-refractivity contribution is -0.146. The number of carbonyl (C=O) groups excluding carboxylic acids is 3. The van der Waals surface area contributed by atoms with Crippen molar-refractivity contribution in [3.63, 3.8) is 0 Å². The van der Waals surface area contributed by atoms with Gasteiger partial charge in [-0.3, -0.25) is 14.5 Å². The molecule has 4 rings (SSSR count). The molecule has 1 unspecified atom stereocenters. The number of nitrogens with zero attached hydrogens (tertiary/aromatic N) is 1. The topological polar surface area (TPSA) is 87.7 Å². The maximum atomic E-state index is 13.2. The molecule has 2 fully saturated rings. The molecule has 29 heavy (non-hydrogen) atoms. The van der Waals surface area contributed by atoms with Crippen LogP contribution in [0.25, 0.3) is 0 Å². The second kappa shape index (κ2) is 6.83. The van der Waals surface area contributed by atoms with Gasteiger partial charge in [0, 0.05) is 29.1 Å². The Hall–Kier alpha value is -2.41. The number of likely N-dealkylation sites (tertiary alicyclic amines) is 1. The average Bonchev–Trinajstić information content (AvgIpc) is 3.12. The fourth-order valence-electron chi connectivity index (χ4n) is 5.31. The molecule has 2 N–H and O–H groups in total. The first-order chi connectivity index (χ1) is 13.6. The highest BCUT2D eigenvalue weighted by Gasteiger charge is 2.47. The van der Waals surface area contributed by atoms with Gasteiger partial charge in [-0.2, -0.15) is 0 Å². The molecule has 3 aliphatic rings. The standard InChI is InChI=1S/C22H29N3O4/c1-21(2)11-13(12-22(3,4)24-21)23-18(27)16-9-10-17(26)25(16)19-14-7-5-6-8-15(14)20(28)29-19/h5-8,13,16,19,24H,9-12H2,1-4H3,(H,23,27)/t16-,19?/m0/s1. The molecular formula is C22H29N3O4. The molecule has 0 spiro atoms. The quantitative estimate of drug-likeness (QED) is 0.762. The summed E-state index contributed by atoms with van der Waals surface area (Å²) in [6, 6.07) is 6.43. The molecule has 0 bridgehead atoms. The number of ether oxygens (including phenoxy) is 1. The van der Waals surface area contributed by atoms with Crippen LogP contribution in [0.1, 0.15) is 75.5 Å². The molecule has 156 valence electrons. The van der Waals surface area contributed by atoms with Crippen molar-refractivity contribution in [3.8, 4) is 0 Å². The molecule has 0 radical (unpaired) electrons. The molecule has 1 aromatic carbocycles. The van der Waals surface area contributed by atoms with Gasteiger partial charge in [-0.25, -0.2) is 4.79 Å². The zero-order valence-corrected chi connectivity index (χ0v) is 17.5. The number of rotatable bonds is 3. The van der Waals surface area contributed by atoms with Crippen molar-refractivity contribution in [2.75, 3.05) is 0 Å². The molecule has 1 aromatic rings. The van der Waals surface area contributed by atoms with E-state index in [4.69, 9.17) is 4.74 Å². The zero-order valence-electron chi connectivity index (χ0n) is 17.5. The minimum absolute atomic E-state index is 0.0183. The number of piperidine rings is 1. The van der Waals surface area contributed by atoms with E-state index in [1.165, 1.54) is 4.90 Å². The van der Waals surface area contributed by atoms with Crippen LogP contribution in [0.5, 0.6) is 0 Å². The second-order valence-electron chi connectivity index (χ2n) is 9.71. The highest BCUT2D eigenvalue weighted by Crippen LogP contribution is 2.38. The molecule has 0 aliphatic carbocycles. The van der Waals surface area contributed by atoms with Crippen molar-refractivity contribution in [2.24, 2.45) is 0 Å². The number of esters is 1. The minimum atomic E-state index is -0.828. The van der Waals surface area contributed by atoms with E-state index in [-0.39, 0.29) is 35.4 Å². The van der Waals surface area contributed by atoms with Crippen LogP contribution in [0.4, 0.5) is 0 Å². The summed E-state index contributed by atoms with van der Waals surface area (Å²) in [6.45, 7) is 8.53. The predicted octanol–water partition coefficient (Wildman–Crippen LogP) is 2.27. The van der Waals surface area contributed by atoms with Crippen LogP contribution >= 0.6 is 0 Å². The van der Waals surface area contributed by atoms with E-state index in [1.807, 2.05) is 6.07 Å². The Morgan fingerprint density at radius 1 is 1.14 bits per heavy atom. The molecule has 2 saturated heterocycles.